The molecule has 1 N–H and O–H groups in total. The summed E-state index contributed by atoms with van der Waals surface area (Å²) in [6, 6.07) is 8.30. The van der Waals surface area contributed by atoms with Crippen LogP contribution in [0.2, 0.25) is 0 Å². The van der Waals surface area contributed by atoms with Crippen LogP contribution in [0.1, 0.15) is 49.4 Å². The number of rotatable bonds is 6. The van der Waals surface area contributed by atoms with Crippen molar-refractivity contribution < 1.29 is 18.7 Å². The molecule has 27 heavy (non-hydrogen) atoms. The van der Waals surface area contributed by atoms with Crippen molar-refractivity contribution in [1.82, 2.24) is 5.32 Å². The van der Waals surface area contributed by atoms with Crippen molar-refractivity contribution in [3.05, 3.63) is 58.0 Å². The molecule has 0 bridgehead atoms. The average molecular weight is 369 g/mol. The monoisotopic (exact) mass is 369 g/mol. The fraction of sp³-hybridized carbons (Fsp3) is 0.381. The predicted molar refractivity (Wildman–Crippen MR) is 102 cm³/mol. The van der Waals surface area contributed by atoms with Crippen molar-refractivity contribution in [1.29, 1.82) is 0 Å². The van der Waals surface area contributed by atoms with Crippen molar-refractivity contribution in [2.24, 2.45) is 0 Å². The van der Waals surface area contributed by atoms with Gasteiger partial charge in [0.1, 0.15) is 11.1 Å². The molecule has 1 aliphatic rings. The van der Waals surface area contributed by atoms with Gasteiger partial charge in [0.25, 0.3) is 5.91 Å². The van der Waals surface area contributed by atoms with E-state index >= 15 is 0 Å². The number of ether oxygens (including phenoxy) is 1. The summed E-state index contributed by atoms with van der Waals surface area (Å²) in [7, 11) is 0. The van der Waals surface area contributed by atoms with Crippen molar-refractivity contribution in [3.63, 3.8) is 0 Å². The van der Waals surface area contributed by atoms with Crippen LogP contribution < -0.4 is 10.9 Å². The smallest absolute Gasteiger partial charge is 0.351 e. The molecule has 1 aromatic carbocycles. The number of amides is 1. The molecule has 3 rings (SSSR count). The van der Waals surface area contributed by atoms with Crippen molar-refractivity contribution >= 4 is 22.8 Å². The zero-order valence-corrected chi connectivity index (χ0v) is 15.3. The molecular weight excluding hydrogens is 346 g/mol. The maximum absolute atomic E-state index is 12.3. The number of hydrogen-bond donors (Lipinski definition) is 1. The largest absolute Gasteiger partial charge is 0.449 e. The quantitative estimate of drug-likeness (QED) is 0.479. The molecule has 0 radical (unpaired) electrons. The summed E-state index contributed by atoms with van der Waals surface area (Å²) in [5, 5.41) is 3.39. The van der Waals surface area contributed by atoms with Crippen LogP contribution in [-0.2, 0) is 9.53 Å². The highest BCUT2D eigenvalue weighted by molar-refractivity contribution is 5.94. The summed E-state index contributed by atoms with van der Waals surface area (Å²) in [6.07, 6.45) is 6.65. The van der Waals surface area contributed by atoms with Crippen LogP contribution in [0.25, 0.3) is 11.0 Å². The highest BCUT2D eigenvalue weighted by Crippen LogP contribution is 2.19. The topological polar surface area (TPSA) is 85.6 Å². The van der Waals surface area contributed by atoms with Crippen LogP contribution in [-0.4, -0.2) is 24.5 Å². The normalized spacial score (nSPS) is 15.1. The molecule has 1 aromatic heterocycles. The number of fused-ring (bicyclic) bond motifs is 1. The number of hydrogen-bond acceptors (Lipinski definition) is 5. The molecule has 1 atom stereocenters. The van der Waals surface area contributed by atoms with E-state index in [4.69, 9.17) is 9.15 Å². The van der Waals surface area contributed by atoms with E-state index in [1.54, 1.807) is 24.3 Å². The first kappa shape index (κ1) is 18.9. The number of allylic oxidation sites excluding steroid dienone is 1. The lowest BCUT2D eigenvalue weighted by Crippen LogP contribution is -2.37. The van der Waals surface area contributed by atoms with Crippen LogP contribution in [0.15, 0.2) is 51.2 Å². The first-order valence-corrected chi connectivity index (χ1v) is 9.24. The third kappa shape index (κ3) is 4.84. The Labute approximate surface area is 157 Å². The van der Waals surface area contributed by atoms with Gasteiger partial charge in [-0.25, -0.2) is 9.59 Å². The molecule has 1 heterocycles. The first-order valence-electron chi connectivity index (χ1n) is 9.24. The molecule has 0 saturated carbocycles. The summed E-state index contributed by atoms with van der Waals surface area (Å²) in [5.41, 5.74) is 0.748. The van der Waals surface area contributed by atoms with Gasteiger partial charge in [-0.15, -0.1) is 0 Å². The minimum Gasteiger partial charge on any atom is -0.449 e. The standard InChI is InChI=1S/C21H23NO5/c1-14(19(23)22-12-11-15-7-3-2-4-8-15)26-20(24)17-13-16-9-5-6-10-18(16)27-21(17)25/h5-7,9-10,13-14H,2-4,8,11-12H2,1H3,(H,22,23)/t14-/m0/s1. The van der Waals surface area contributed by atoms with Gasteiger partial charge in [0, 0.05) is 11.9 Å². The van der Waals surface area contributed by atoms with Crippen molar-refractivity contribution in [2.75, 3.05) is 6.54 Å². The second-order valence-electron chi connectivity index (χ2n) is 6.68. The molecule has 142 valence electrons. The highest BCUT2D eigenvalue weighted by atomic mass is 16.5. The van der Waals surface area contributed by atoms with E-state index in [2.05, 4.69) is 11.4 Å². The van der Waals surface area contributed by atoms with E-state index in [-0.39, 0.29) is 11.5 Å². The maximum Gasteiger partial charge on any atom is 0.351 e. The Morgan fingerprint density at radius 1 is 1.26 bits per heavy atom. The van der Waals surface area contributed by atoms with Crippen molar-refractivity contribution in [2.45, 2.75) is 45.1 Å². The summed E-state index contributed by atoms with van der Waals surface area (Å²) < 4.78 is 10.3. The summed E-state index contributed by atoms with van der Waals surface area (Å²) in [5.74, 6) is -1.25. The lowest BCUT2D eigenvalue weighted by atomic mass is 9.97. The lowest BCUT2D eigenvalue weighted by molar-refractivity contribution is -0.129. The van der Waals surface area contributed by atoms with E-state index in [0.717, 1.165) is 19.3 Å². The third-order valence-corrected chi connectivity index (χ3v) is 4.64. The fourth-order valence-corrected chi connectivity index (χ4v) is 3.10. The maximum atomic E-state index is 12.3. The van der Waals surface area contributed by atoms with Gasteiger partial charge in [0.2, 0.25) is 0 Å². The molecular formula is C21H23NO5. The highest BCUT2D eigenvalue weighted by Gasteiger charge is 2.22. The second-order valence-corrected chi connectivity index (χ2v) is 6.68. The zero-order valence-electron chi connectivity index (χ0n) is 15.3. The van der Waals surface area contributed by atoms with E-state index in [9.17, 15) is 14.4 Å². The molecule has 0 saturated heterocycles. The Morgan fingerprint density at radius 2 is 2.07 bits per heavy atom. The SMILES string of the molecule is C[C@H](OC(=O)c1cc2ccccc2oc1=O)C(=O)NCCC1=CCCCC1. The van der Waals surface area contributed by atoms with Gasteiger partial charge in [0.15, 0.2) is 6.10 Å². The summed E-state index contributed by atoms with van der Waals surface area (Å²) in [6.45, 7) is 1.99. The second kappa shape index (κ2) is 8.66. The van der Waals surface area contributed by atoms with Gasteiger partial charge in [0.05, 0.1) is 0 Å². The number of benzene rings is 1. The summed E-state index contributed by atoms with van der Waals surface area (Å²) >= 11 is 0. The Balaban J connectivity index is 1.56. The first-order chi connectivity index (χ1) is 13.0. The zero-order chi connectivity index (χ0) is 19.2. The Hall–Kier alpha value is -2.89. The van der Waals surface area contributed by atoms with Crippen molar-refractivity contribution in [3.8, 4) is 0 Å². The van der Waals surface area contributed by atoms with Gasteiger partial charge < -0.3 is 14.5 Å². The minimum absolute atomic E-state index is 0.222. The van der Waals surface area contributed by atoms with E-state index in [1.165, 1.54) is 31.4 Å². The predicted octanol–water partition coefficient (Wildman–Crippen LogP) is 3.35. The Bertz CT molecular complexity index is 928. The van der Waals surface area contributed by atoms with Crippen LogP contribution in [0, 0.1) is 0 Å². The van der Waals surface area contributed by atoms with Gasteiger partial charge in [-0.1, -0.05) is 29.8 Å². The molecule has 2 aromatic rings. The van der Waals surface area contributed by atoms with Crippen LogP contribution in [0.5, 0.6) is 0 Å². The Kier molecular flexibility index (Phi) is 6.06. The lowest BCUT2D eigenvalue weighted by Gasteiger charge is -2.15. The molecule has 0 fully saturated rings. The van der Waals surface area contributed by atoms with Gasteiger partial charge in [-0.2, -0.15) is 0 Å². The number of carbonyl (C=O) groups is 2. The van der Waals surface area contributed by atoms with E-state index < -0.39 is 17.7 Å². The minimum atomic E-state index is -0.997. The summed E-state index contributed by atoms with van der Waals surface area (Å²) in [4.78, 5) is 36.4. The van der Waals surface area contributed by atoms with Crippen LogP contribution in [0.4, 0.5) is 0 Å². The molecule has 1 amide bonds. The Morgan fingerprint density at radius 3 is 2.85 bits per heavy atom. The van der Waals surface area contributed by atoms with Gasteiger partial charge in [-0.05, 0) is 51.2 Å². The van der Waals surface area contributed by atoms with Gasteiger partial charge in [-0.3, -0.25) is 4.79 Å². The molecule has 1 aliphatic carbocycles. The third-order valence-electron chi connectivity index (χ3n) is 4.64. The van der Waals surface area contributed by atoms with E-state index in [0.29, 0.717) is 17.5 Å². The number of para-hydroxylation sites is 1. The van der Waals surface area contributed by atoms with Gasteiger partial charge >= 0.3 is 11.6 Å². The average Bonchev–Trinajstić information content (AvgIpc) is 2.68. The van der Waals surface area contributed by atoms with Crippen LogP contribution >= 0.6 is 0 Å². The van der Waals surface area contributed by atoms with E-state index in [1.807, 2.05) is 0 Å². The molecule has 6 nitrogen and oxygen atoms in total. The molecule has 0 spiro atoms. The fourth-order valence-electron chi connectivity index (χ4n) is 3.10. The molecule has 6 heteroatoms. The van der Waals surface area contributed by atoms with Crippen LogP contribution in [0.3, 0.4) is 0 Å². The number of carbonyl (C=O) groups excluding carboxylic acids is 2. The molecule has 0 aliphatic heterocycles. The molecule has 0 unspecified atom stereocenters. The number of nitrogens with one attached hydrogen (secondary N) is 1. The number of esters is 1.